The van der Waals surface area contributed by atoms with E-state index in [1.807, 2.05) is 20.8 Å². The molecule has 0 spiro atoms. The highest BCUT2D eigenvalue weighted by molar-refractivity contribution is 6.37. The number of rotatable bonds is 10. The summed E-state index contributed by atoms with van der Waals surface area (Å²) in [6.07, 6.45) is 7.39. The lowest BCUT2D eigenvalue weighted by Gasteiger charge is -2.37. The number of hydrogen-bond donors (Lipinski definition) is 3. The minimum Gasteiger partial charge on any atom is -0.449 e. The number of carbonyl (C=O) groups excluding carboxylic acids is 5. The maximum atomic E-state index is 14.2. The normalized spacial score (nSPS) is 27.5. The summed E-state index contributed by atoms with van der Waals surface area (Å²) in [5.74, 6) is -2.27. The van der Waals surface area contributed by atoms with Crippen molar-refractivity contribution >= 4 is 29.6 Å². The Bertz CT molecular complexity index is 1010. The van der Waals surface area contributed by atoms with Crippen LogP contribution in [0, 0.1) is 34.5 Å². The number of piperidine rings is 1. The van der Waals surface area contributed by atoms with Gasteiger partial charge in [0.05, 0.1) is 12.6 Å². The van der Waals surface area contributed by atoms with Crippen LogP contribution < -0.4 is 16.4 Å². The number of primary amides is 1. The fraction of sp³-hybridized carbons (Fsp3) is 0.833. The molecular formula is C30H48N4O6. The number of ether oxygens (including phenoxy) is 1. The van der Waals surface area contributed by atoms with E-state index in [0.717, 1.165) is 51.4 Å². The van der Waals surface area contributed by atoms with Gasteiger partial charge in [-0.3, -0.25) is 19.2 Å². The number of nitrogens with two attached hydrogens (primary N) is 1. The molecule has 5 unspecified atom stereocenters. The second kappa shape index (κ2) is 11.7. The van der Waals surface area contributed by atoms with E-state index in [0.29, 0.717) is 13.0 Å². The number of alkyl carbamates (subject to hydrolysis) is 1. The van der Waals surface area contributed by atoms with Gasteiger partial charge in [-0.2, -0.15) is 0 Å². The molecule has 4 fully saturated rings. The van der Waals surface area contributed by atoms with Crippen molar-refractivity contribution in [1.29, 1.82) is 0 Å². The third kappa shape index (κ3) is 6.62. The van der Waals surface area contributed by atoms with Crippen LogP contribution in [-0.2, 0) is 23.9 Å². The van der Waals surface area contributed by atoms with Gasteiger partial charge in [0.1, 0.15) is 12.1 Å². The first kappa shape index (κ1) is 30.3. The minimum absolute atomic E-state index is 0.0418. The summed E-state index contributed by atoms with van der Waals surface area (Å²) in [4.78, 5) is 66.8. The summed E-state index contributed by atoms with van der Waals surface area (Å²) in [6.45, 7) is 10.7. The van der Waals surface area contributed by atoms with Crippen molar-refractivity contribution < 1.29 is 28.7 Å². The monoisotopic (exact) mass is 560 g/mol. The maximum Gasteiger partial charge on any atom is 0.407 e. The second-order valence-electron chi connectivity index (χ2n) is 14.4. The molecule has 5 atom stereocenters. The maximum absolute atomic E-state index is 14.2. The van der Waals surface area contributed by atoms with Crippen molar-refractivity contribution in [2.75, 3.05) is 13.2 Å². The van der Waals surface area contributed by atoms with Crippen LogP contribution in [0.4, 0.5) is 4.79 Å². The van der Waals surface area contributed by atoms with Crippen LogP contribution in [0.3, 0.4) is 0 Å². The highest BCUT2D eigenvalue weighted by Crippen LogP contribution is 2.65. The summed E-state index contributed by atoms with van der Waals surface area (Å²) in [5, 5.41) is 5.68. The van der Waals surface area contributed by atoms with Crippen molar-refractivity contribution in [3.8, 4) is 0 Å². The molecule has 3 saturated carbocycles. The van der Waals surface area contributed by atoms with Crippen LogP contribution in [0.2, 0.25) is 0 Å². The van der Waals surface area contributed by atoms with Crippen LogP contribution >= 0.6 is 0 Å². The number of ketones is 1. The molecule has 0 aromatic rings. The van der Waals surface area contributed by atoms with E-state index in [4.69, 9.17) is 10.5 Å². The molecule has 4 amide bonds. The van der Waals surface area contributed by atoms with Gasteiger partial charge in [-0.05, 0) is 53.8 Å². The summed E-state index contributed by atoms with van der Waals surface area (Å²) in [7, 11) is 0. The molecule has 4 aliphatic rings. The first-order chi connectivity index (χ1) is 18.7. The number of nitrogens with one attached hydrogen (secondary N) is 2. The Kier molecular flexibility index (Phi) is 8.85. The van der Waals surface area contributed by atoms with E-state index in [2.05, 4.69) is 24.5 Å². The molecule has 40 heavy (non-hydrogen) atoms. The number of nitrogens with zero attached hydrogens (tertiary/aromatic N) is 1. The predicted octanol–water partition coefficient (Wildman–Crippen LogP) is 2.92. The molecule has 3 aliphatic carbocycles. The SMILES string of the molecule is CC(C)(C)COC(=O)NC(C(=O)N1CC2C(C1C(=O)NC(CC1CCC1)C(=O)C(N)=O)C2(C)C)C1CCCCC1. The fourth-order valence-corrected chi connectivity index (χ4v) is 7.01. The van der Waals surface area contributed by atoms with E-state index in [1.165, 1.54) is 0 Å². The highest BCUT2D eigenvalue weighted by atomic mass is 16.5. The smallest absolute Gasteiger partial charge is 0.407 e. The quantitative estimate of drug-likeness (QED) is 0.350. The van der Waals surface area contributed by atoms with Gasteiger partial charge < -0.3 is 26.0 Å². The largest absolute Gasteiger partial charge is 0.449 e. The Morgan fingerprint density at radius 1 is 0.975 bits per heavy atom. The van der Waals surface area contributed by atoms with E-state index >= 15 is 0 Å². The van der Waals surface area contributed by atoms with E-state index < -0.39 is 41.8 Å². The topological polar surface area (TPSA) is 148 Å². The van der Waals surface area contributed by atoms with Gasteiger partial charge in [0.25, 0.3) is 5.91 Å². The molecule has 0 aromatic carbocycles. The molecular weight excluding hydrogens is 512 g/mol. The Morgan fingerprint density at radius 2 is 1.62 bits per heavy atom. The van der Waals surface area contributed by atoms with E-state index in [9.17, 15) is 24.0 Å². The van der Waals surface area contributed by atoms with Crippen molar-refractivity contribution in [3.63, 3.8) is 0 Å². The summed E-state index contributed by atoms with van der Waals surface area (Å²) >= 11 is 0. The number of likely N-dealkylation sites (tertiary alicyclic amines) is 1. The molecule has 1 saturated heterocycles. The van der Waals surface area contributed by atoms with Crippen LogP contribution in [0.15, 0.2) is 0 Å². The van der Waals surface area contributed by atoms with Crippen molar-refractivity contribution in [1.82, 2.24) is 15.5 Å². The van der Waals surface area contributed by atoms with Gasteiger partial charge in [-0.1, -0.05) is 73.1 Å². The molecule has 0 radical (unpaired) electrons. The fourth-order valence-electron chi connectivity index (χ4n) is 7.01. The Morgan fingerprint density at radius 3 is 2.17 bits per heavy atom. The molecule has 0 aromatic heterocycles. The van der Waals surface area contributed by atoms with Crippen molar-refractivity contribution in [2.45, 2.75) is 111 Å². The number of carbonyl (C=O) groups is 5. The highest BCUT2D eigenvalue weighted by Gasteiger charge is 2.69. The first-order valence-corrected chi connectivity index (χ1v) is 15.1. The summed E-state index contributed by atoms with van der Waals surface area (Å²) in [5.41, 5.74) is 4.97. The molecule has 4 rings (SSSR count). The zero-order valence-electron chi connectivity index (χ0n) is 24.8. The number of fused-ring (bicyclic) bond motifs is 1. The molecule has 0 bridgehead atoms. The van der Waals surface area contributed by atoms with Gasteiger partial charge in [-0.25, -0.2) is 4.79 Å². The lowest BCUT2D eigenvalue weighted by Crippen LogP contribution is -2.59. The zero-order chi connectivity index (χ0) is 29.4. The predicted molar refractivity (Wildman–Crippen MR) is 149 cm³/mol. The van der Waals surface area contributed by atoms with Gasteiger partial charge in [-0.15, -0.1) is 0 Å². The lowest BCUT2D eigenvalue weighted by atomic mass is 9.80. The van der Waals surface area contributed by atoms with Gasteiger partial charge in [0.15, 0.2) is 0 Å². The average molecular weight is 561 g/mol. The molecule has 10 nitrogen and oxygen atoms in total. The summed E-state index contributed by atoms with van der Waals surface area (Å²) in [6, 6.07) is -2.56. The molecule has 4 N–H and O–H groups in total. The van der Waals surface area contributed by atoms with Gasteiger partial charge >= 0.3 is 6.09 Å². The van der Waals surface area contributed by atoms with Crippen LogP contribution in [0.1, 0.15) is 92.4 Å². The van der Waals surface area contributed by atoms with E-state index in [-0.39, 0.29) is 47.0 Å². The second-order valence-corrected chi connectivity index (χ2v) is 14.4. The molecule has 1 heterocycles. The van der Waals surface area contributed by atoms with Crippen LogP contribution in [-0.4, -0.2) is 65.8 Å². The van der Waals surface area contributed by atoms with E-state index in [1.54, 1.807) is 4.90 Å². The Balaban J connectivity index is 1.53. The Labute approximate surface area is 237 Å². The van der Waals surface area contributed by atoms with Crippen LogP contribution in [0.5, 0.6) is 0 Å². The Hall–Kier alpha value is -2.65. The van der Waals surface area contributed by atoms with Crippen LogP contribution in [0.25, 0.3) is 0 Å². The standard InChI is InChI=1S/C30H48N4O6/c1-29(2,3)16-40-28(39)33-22(18-12-7-6-8-13-18)27(38)34-15-19-21(30(19,4)5)23(34)26(37)32-20(24(35)25(31)36)14-17-10-9-11-17/h17-23H,6-16H2,1-5H3,(H2,31,36)(H,32,37)(H,33,39). The number of Topliss-reactive ketones (excluding diaryl/α,β-unsaturated/α-hetero) is 1. The molecule has 224 valence electrons. The third-order valence-electron chi connectivity index (χ3n) is 9.73. The average Bonchev–Trinajstić information content (AvgIpc) is 3.19. The number of amides is 4. The zero-order valence-corrected chi connectivity index (χ0v) is 24.8. The van der Waals surface area contributed by atoms with Crippen molar-refractivity contribution in [2.24, 2.45) is 40.2 Å². The van der Waals surface area contributed by atoms with Crippen molar-refractivity contribution in [3.05, 3.63) is 0 Å². The third-order valence-corrected chi connectivity index (χ3v) is 9.73. The van der Waals surface area contributed by atoms with Gasteiger partial charge in [0, 0.05) is 6.54 Å². The molecule has 1 aliphatic heterocycles. The lowest BCUT2D eigenvalue weighted by molar-refractivity contribution is -0.144. The first-order valence-electron chi connectivity index (χ1n) is 15.1. The minimum atomic E-state index is -1.07. The number of hydrogen-bond acceptors (Lipinski definition) is 6. The molecule has 10 heteroatoms. The van der Waals surface area contributed by atoms with Gasteiger partial charge in [0.2, 0.25) is 17.6 Å². The summed E-state index contributed by atoms with van der Waals surface area (Å²) < 4.78 is 5.45.